The summed E-state index contributed by atoms with van der Waals surface area (Å²) in [5.74, 6) is -2.23. The molecule has 0 aliphatic carbocycles. The van der Waals surface area contributed by atoms with Gasteiger partial charge in [0.2, 0.25) is 11.8 Å². The van der Waals surface area contributed by atoms with Crippen molar-refractivity contribution in [3.63, 3.8) is 0 Å². The minimum absolute atomic E-state index is 0.0545. The highest BCUT2D eigenvalue weighted by atomic mass is 19.1. The number of carbonyl (C=O) groups is 3. The highest BCUT2D eigenvalue weighted by Gasteiger charge is 2.29. The van der Waals surface area contributed by atoms with Gasteiger partial charge in [-0.1, -0.05) is 12.1 Å². The largest absolute Gasteiger partial charge is 0.469 e. The van der Waals surface area contributed by atoms with Crippen LogP contribution in [0.3, 0.4) is 0 Å². The maximum atomic E-state index is 13.3. The second-order valence-corrected chi connectivity index (χ2v) is 10.5. The van der Waals surface area contributed by atoms with Crippen LogP contribution in [-0.4, -0.2) is 50.1 Å². The topological polar surface area (TPSA) is 87.7 Å². The van der Waals surface area contributed by atoms with Crippen LogP contribution in [-0.2, 0) is 25.5 Å². The number of hydrogen-bond acceptors (Lipinski definition) is 5. The molecule has 7 nitrogen and oxygen atoms in total. The van der Waals surface area contributed by atoms with E-state index in [0.717, 1.165) is 11.3 Å². The fraction of sp³-hybridized carbons (Fsp3) is 0.483. The van der Waals surface area contributed by atoms with Crippen molar-refractivity contribution in [2.24, 2.45) is 11.8 Å². The molecular weight excluding hydrogens is 492 g/mol. The molecule has 0 radical (unpaired) electrons. The number of carbonyl (C=O) groups excluding carboxylic acids is 3. The van der Waals surface area contributed by atoms with E-state index in [4.69, 9.17) is 4.74 Å². The van der Waals surface area contributed by atoms with E-state index in [1.165, 1.54) is 31.4 Å². The van der Waals surface area contributed by atoms with Crippen LogP contribution in [0.25, 0.3) is 0 Å². The average Bonchev–Trinajstić information content (AvgIpc) is 2.89. The van der Waals surface area contributed by atoms with Crippen LogP contribution in [0.1, 0.15) is 45.1 Å². The van der Waals surface area contributed by atoms with Gasteiger partial charge in [0.05, 0.1) is 13.0 Å². The summed E-state index contributed by atoms with van der Waals surface area (Å²) in [7, 11) is 1.29. The first-order chi connectivity index (χ1) is 18.1. The maximum Gasteiger partial charge on any atom is 0.305 e. The fourth-order valence-corrected chi connectivity index (χ4v) is 4.73. The van der Waals surface area contributed by atoms with Crippen molar-refractivity contribution in [2.45, 2.75) is 51.5 Å². The molecule has 0 saturated carbocycles. The predicted molar refractivity (Wildman–Crippen MR) is 141 cm³/mol. The van der Waals surface area contributed by atoms with Gasteiger partial charge >= 0.3 is 5.97 Å². The Kier molecular flexibility index (Phi) is 10.2. The van der Waals surface area contributed by atoms with E-state index in [-0.39, 0.29) is 48.8 Å². The van der Waals surface area contributed by atoms with Crippen molar-refractivity contribution in [1.29, 1.82) is 0 Å². The van der Waals surface area contributed by atoms with Crippen LogP contribution in [0.4, 0.5) is 14.5 Å². The summed E-state index contributed by atoms with van der Waals surface area (Å²) in [5.41, 5.74) is 1.17. The Bertz CT molecular complexity index is 1080. The predicted octanol–water partition coefficient (Wildman–Crippen LogP) is 4.00. The number of piperidine rings is 1. The number of ether oxygens (including phenoxy) is 1. The zero-order valence-electron chi connectivity index (χ0n) is 22.3. The van der Waals surface area contributed by atoms with E-state index < -0.39 is 17.4 Å². The van der Waals surface area contributed by atoms with Gasteiger partial charge in [-0.25, -0.2) is 8.78 Å². The summed E-state index contributed by atoms with van der Waals surface area (Å²) < 4.78 is 31.2. The zero-order chi connectivity index (χ0) is 27.7. The maximum absolute atomic E-state index is 13.3. The van der Waals surface area contributed by atoms with Gasteiger partial charge in [-0.2, -0.15) is 0 Å². The fourth-order valence-electron chi connectivity index (χ4n) is 4.73. The molecule has 2 aromatic rings. The molecule has 1 aliphatic rings. The second-order valence-electron chi connectivity index (χ2n) is 10.5. The minimum Gasteiger partial charge on any atom is -0.469 e. The standard InChI is InChI=1S/C29H37F2N3O4/c1-29(2,18-20-4-7-23(30)8-5-20)33-28(37)22(6-13-26(35)38-3)19-32-27(36)21-14-16-34(17-15-21)25-11-9-24(31)10-12-25/h4-5,7-12,21-22H,6,13-19H2,1-3H3,(H,32,36)(H,33,37)/t22-/m0/s1. The smallest absolute Gasteiger partial charge is 0.305 e. The highest BCUT2D eigenvalue weighted by molar-refractivity contribution is 5.83. The van der Waals surface area contributed by atoms with Crippen LogP contribution < -0.4 is 15.5 Å². The molecule has 0 spiro atoms. The van der Waals surface area contributed by atoms with Crippen LogP contribution in [0.2, 0.25) is 0 Å². The first-order valence-corrected chi connectivity index (χ1v) is 13.0. The Morgan fingerprint density at radius 2 is 1.58 bits per heavy atom. The van der Waals surface area contributed by atoms with E-state index in [1.807, 2.05) is 13.8 Å². The summed E-state index contributed by atoms with van der Waals surface area (Å²) in [6, 6.07) is 12.4. The number of hydrogen-bond donors (Lipinski definition) is 2. The lowest BCUT2D eigenvalue weighted by Crippen LogP contribution is -2.50. The number of esters is 1. The third kappa shape index (κ3) is 8.82. The number of amides is 2. The van der Waals surface area contributed by atoms with Gasteiger partial charge in [0.25, 0.3) is 0 Å². The Hall–Kier alpha value is -3.49. The van der Waals surface area contributed by atoms with E-state index in [0.29, 0.717) is 32.4 Å². The number of rotatable bonds is 11. The van der Waals surface area contributed by atoms with Crippen molar-refractivity contribution >= 4 is 23.5 Å². The monoisotopic (exact) mass is 529 g/mol. The first-order valence-electron chi connectivity index (χ1n) is 13.0. The molecule has 1 aliphatic heterocycles. The number of benzene rings is 2. The molecule has 206 valence electrons. The lowest BCUT2D eigenvalue weighted by Gasteiger charge is -2.33. The zero-order valence-corrected chi connectivity index (χ0v) is 22.3. The van der Waals surface area contributed by atoms with Gasteiger partial charge in [0.15, 0.2) is 0 Å². The van der Waals surface area contributed by atoms with Crippen molar-refractivity contribution in [2.75, 3.05) is 31.6 Å². The molecule has 2 N–H and O–H groups in total. The van der Waals surface area contributed by atoms with Gasteiger partial charge in [-0.3, -0.25) is 14.4 Å². The van der Waals surface area contributed by atoms with E-state index in [2.05, 4.69) is 15.5 Å². The number of nitrogens with zero attached hydrogens (tertiary/aromatic N) is 1. The SMILES string of the molecule is COC(=O)CC[C@@H](CNC(=O)C1CCN(c2ccc(F)cc2)CC1)C(=O)NC(C)(C)Cc1ccc(F)cc1. The van der Waals surface area contributed by atoms with Gasteiger partial charge in [0, 0.05) is 43.2 Å². The molecule has 1 fully saturated rings. The van der Waals surface area contributed by atoms with Crippen LogP contribution in [0.5, 0.6) is 0 Å². The van der Waals surface area contributed by atoms with Gasteiger partial charge in [-0.05, 0) is 81.5 Å². The van der Waals surface area contributed by atoms with Gasteiger partial charge < -0.3 is 20.3 Å². The summed E-state index contributed by atoms with van der Waals surface area (Å²) in [6.07, 6.45) is 2.06. The first kappa shape index (κ1) is 29.1. The van der Waals surface area contributed by atoms with E-state index in [1.54, 1.807) is 24.3 Å². The number of methoxy groups -OCH3 is 1. The Morgan fingerprint density at radius 3 is 2.16 bits per heavy atom. The molecule has 0 unspecified atom stereocenters. The molecule has 0 aromatic heterocycles. The van der Waals surface area contributed by atoms with Crippen LogP contribution in [0.15, 0.2) is 48.5 Å². The average molecular weight is 530 g/mol. The molecule has 3 rings (SSSR count). The molecule has 1 saturated heterocycles. The van der Waals surface area contributed by atoms with Crippen molar-refractivity contribution in [3.05, 3.63) is 65.7 Å². The van der Waals surface area contributed by atoms with Gasteiger partial charge in [-0.15, -0.1) is 0 Å². The summed E-state index contributed by atoms with van der Waals surface area (Å²) in [6.45, 7) is 5.20. The number of nitrogens with one attached hydrogen (secondary N) is 2. The van der Waals surface area contributed by atoms with E-state index >= 15 is 0 Å². The highest BCUT2D eigenvalue weighted by Crippen LogP contribution is 2.24. The molecular formula is C29H37F2N3O4. The number of halogens is 2. The third-order valence-electron chi connectivity index (χ3n) is 6.90. The van der Waals surface area contributed by atoms with Gasteiger partial charge in [0.1, 0.15) is 11.6 Å². The lowest BCUT2D eigenvalue weighted by atomic mass is 9.92. The number of anilines is 1. The minimum atomic E-state index is -0.629. The van der Waals surface area contributed by atoms with Crippen LogP contribution >= 0.6 is 0 Å². The van der Waals surface area contributed by atoms with Crippen molar-refractivity contribution in [1.82, 2.24) is 10.6 Å². The molecule has 9 heteroatoms. The molecule has 1 atom stereocenters. The normalized spacial score (nSPS) is 15.0. The summed E-state index contributed by atoms with van der Waals surface area (Å²) >= 11 is 0. The van der Waals surface area contributed by atoms with E-state index in [9.17, 15) is 23.2 Å². The van der Waals surface area contributed by atoms with Crippen molar-refractivity contribution in [3.8, 4) is 0 Å². The lowest BCUT2D eigenvalue weighted by molar-refractivity contribution is -0.141. The second kappa shape index (κ2) is 13.3. The summed E-state index contributed by atoms with van der Waals surface area (Å²) in [4.78, 5) is 40.0. The Balaban J connectivity index is 1.55. The third-order valence-corrected chi connectivity index (χ3v) is 6.90. The quantitative estimate of drug-likeness (QED) is 0.430. The molecule has 38 heavy (non-hydrogen) atoms. The van der Waals surface area contributed by atoms with Crippen molar-refractivity contribution < 1.29 is 27.9 Å². The molecule has 2 amide bonds. The molecule has 2 aromatic carbocycles. The molecule has 0 bridgehead atoms. The van der Waals surface area contributed by atoms with Crippen LogP contribution in [0, 0.1) is 23.5 Å². The molecule has 1 heterocycles. The Morgan fingerprint density at radius 1 is 1.00 bits per heavy atom. The Labute approximate surface area is 222 Å². The summed E-state index contributed by atoms with van der Waals surface area (Å²) in [5, 5.41) is 5.94.